The Hall–Kier alpha value is -2.07. The first-order valence-corrected chi connectivity index (χ1v) is 9.25. The predicted molar refractivity (Wildman–Crippen MR) is 96.7 cm³/mol. The summed E-state index contributed by atoms with van der Waals surface area (Å²) < 4.78 is 5.94. The summed E-state index contributed by atoms with van der Waals surface area (Å²) in [7, 11) is 0. The van der Waals surface area contributed by atoms with Crippen molar-refractivity contribution in [2.45, 2.75) is 44.2 Å². The number of aromatic nitrogens is 1. The van der Waals surface area contributed by atoms with Crippen molar-refractivity contribution in [1.29, 1.82) is 0 Å². The fourth-order valence-corrected chi connectivity index (χ4v) is 4.04. The number of ether oxygens (including phenoxy) is 1. The zero-order chi connectivity index (χ0) is 17.2. The molecule has 2 atom stereocenters. The highest BCUT2D eigenvalue weighted by atomic mass is 35.5. The molecule has 1 fully saturated rings. The summed E-state index contributed by atoms with van der Waals surface area (Å²) in [6, 6.07) is 9.69. The smallest absolute Gasteiger partial charge is 0.264 e. The molecule has 2 aliphatic rings. The third-order valence-electron chi connectivity index (χ3n) is 5.10. The lowest BCUT2D eigenvalue weighted by Gasteiger charge is -2.32. The molecule has 4 nitrogen and oxygen atoms in total. The summed E-state index contributed by atoms with van der Waals surface area (Å²) in [5.74, 6) is 0.856. The first-order chi connectivity index (χ1) is 12.2. The molecule has 3 heterocycles. The number of carbonyl (C=O) groups excluding carboxylic acids is 1. The molecule has 130 valence electrons. The number of hydrogen-bond acceptors (Lipinski definition) is 3. The Morgan fingerprint density at radius 3 is 2.84 bits per heavy atom. The number of fused-ring (bicyclic) bond motifs is 1. The fraction of sp³-hybridized carbons (Fsp3) is 0.400. The van der Waals surface area contributed by atoms with E-state index in [2.05, 4.69) is 4.98 Å². The Kier molecular flexibility index (Phi) is 4.62. The van der Waals surface area contributed by atoms with Crippen molar-refractivity contribution >= 4 is 17.5 Å². The predicted octanol–water partition coefficient (Wildman–Crippen LogP) is 4.18. The SMILES string of the molecule is O=C(C1Cc2cc(Cl)ccc2O1)N1CCCCCC1c1ccncc1. The second-order valence-corrected chi connectivity index (χ2v) is 7.18. The van der Waals surface area contributed by atoms with E-state index in [9.17, 15) is 4.79 Å². The molecule has 5 heteroatoms. The van der Waals surface area contributed by atoms with Gasteiger partial charge < -0.3 is 9.64 Å². The molecule has 0 bridgehead atoms. The quantitative estimate of drug-likeness (QED) is 0.810. The summed E-state index contributed by atoms with van der Waals surface area (Å²) in [5, 5.41) is 0.680. The van der Waals surface area contributed by atoms with E-state index >= 15 is 0 Å². The summed E-state index contributed by atoms with van der Waals surface area (Å²) >= 11 is 6.07. The third kappa shape index (κ3) is 3.36. The minimum Gasteiger partial charge on any atom is -0.480 e. The van der Waals surface area contributed by atoms with Gasteiger partial charge in [0.2, 0.25) is 0 Å². The zero-order valence-electron chi connectivity index (χ0n) is 14.0. The molecule has 2 unspecified atom stereocenters. The van der Waals surface area contributed by atoms with Crippen LogP contribution in [-0.2, 0) is 11.2 Å². The molecular weight excluding hydrogens is 336 g/mol. The Morgan fingerprint density at radius 1 is 1.16 bits per heavy atom. The van der Waals surface area contributed by atoms with Crippen LogP contribution >= 0.6 is 11.6 Å². The van der Waals surface area contributed by atoms with E-state index in [-0.39, 0.29) is 11.9 Å². The average Bonchev–Trinajstić information content (AvgIpc) is 2.90. The van der Waals surface area contributed by atoms with Crippen molar-refractivity contribution in [3.8, 4) is 5.75 Å². The van der Waals surface area contributed by atoms with Gasteiger partial charge in [-0.15, -0.1) is 0 Å². The molecule has 0 saturated carbocycles. The van der Waals surface area contributed by atoms with E-state index in [1.54, 1.807) is 18.5 Å². The first-order valence-electron chi connectivity index (χ1n) is 8.88. The number of halogens is 1. The molecule has 1 amide bonds. The van der Waals surface area contributed by atoms with Crippen LogP contribution in [0, 0.1) is 0 Å². The van der Waals surface area contributed by atoms with Gasteiger partial charge in [0.1, 0.15) is 5.75 Å². The van der Waals surface area contributed by atoms with Gasteiger partial charge in [0.05, 0.1) is 6.04 Å². The Morgan fingerprint density at radius 2 is 2.00 bits per heavy atom. The molecule has 1 aromatic carbocycles. The lowest BCUT2D eigenvalue weighted by atomic mass is 10.0. The number of carbonyl (C=O) groups is 1. The van der Waals surface area contributed by atoms with Gasteiger partial charge in [0, 0.05) is 30.4 Å². The summed E-state index contributed by atoms with van der Waals surface area (Å²) in [6.45, 7) is 0.781. The number of nitrogens with zero attached hydrogens (tertiary/aromatic N) is 2. The molecule has 2 aliphatic heterocycles. The average molecular weight is 357 g/mol. The fourth-order valence-electron chi connectivity index (χ4n) is 3.84. The van der Waals surface area contributed by atoms with Crippen LogP contribution in [0.15, 0.2) is 42.7 Å². The maximum Gasteiger partial charge on any atom is 0.264 e. The summed E-state index contributed by atoms with van der Waals surface area (Å²) in [5.41, 5.74) is 2.17. The largest absolute Gasteiger partial charge is 0.480 e. The highest BCUT2D eigenvalue weighted by Gasteiger charge is 2.36. The number of pyridine rings is 1. The van der Waals surface area contributed by atoms with Crippen molar-refractivity contribution < 1.29 is 9.53 Å². The van der Waals surface area contributed by atoms with Crippen molar-refractivity contribution in [1.82, 2.24) is 9.88 Å². The van der Waals surface area contributed by atoms with Crippen LogP contribution in [0.1, 0.15) is 42.9 Å². The minimum atomic E-state index is -0.448. The molecule has 0 radical (unpaired) electrons. The van der Waals surface area contributed by atoms with Gasteiger partial charge in [-0.2, -0.15) is 0 Å². The van der Waals surface area contributed by atoms with Gasteiger partial charge in [-0.25, -0.2) is 0 Å². The van der Waals surface area contributed by atoms with Crippen molar-refractivity contribution in [2.24, 2.45) is 0 Å². The molecule has 0 aliphatic carbocycles. The van der Waals surface area contributed by atoms with Crippen LogP contribution < -0.4 is 4.74 Å². The Bertz CT molecular complexity index is 766. The van der Waals surface area contributed by atoms with Gasteiger partial charge in [-0.05, 0) is 54.3 Å². The number of hydrogen-bond donors (Lipinski definition) is 0. The number of rotatable bonds is 2. The normalized spacial score (nSPS) is 22.8. The summed E-state index contributed by atoms with van der Waals surface area (Å²) in [6.07, 6.45) is 8.06. The molecule has 4 rings (SSSR count). The van der Waals surface area contributed by atoms with Crippen molar-refractivity contribution in [2.75, 3.05) is 6.54 Å². The van der Waals surface area contributed by atoms with Gasteiger partial charge in [0.15, 0.2) is 6.10 Å². The standard InChI is InChI=1S/C20H21ClN2O2/c21-16-5-6-18-15(12-16)13-19(25-18)20(24)23-11-3-1-2-4-17(23)14-7-9-22-10-8-14/h5-10,12,17,19H,1-4,11,13H2. The van der Waals surface area contributed by atoms with E-state index < -0.39 is 6.10 Å². The van der Waals surface area contributed by atoms with Crippen molar-refractivity contribution in [3.63, 3.8) is 0 Å². The number of likely N-dealkylation sites (tertiary alicyclic amines) is 1. The van der Waals surface area contributed by atoms with E-state index in [0.717, 1.165) is 49.1 Å². The van der Waals surface area contributed by atoms with Crippen LogP contribution in [0.2, 0.25) is 5.02 Å². The maximum absolute atomic E-state index is 13.2. The van der Waals surface area contributed by atoms with Crippen LogP contribution in [0.3, 0.4) is 0 Å². The van der Waals surface area contributed by atoms with Gasteiger partial charge in [0.25, 0.3) is 5.91 Å². The van der Waals surface area contributed by atoms with Crippen LogP contribution in [0.25, 0.3) is 0 Å². The van der Waals surface area contributed by atoms with Crippen LogP contribution in [0.4, 0.5) is 0 Å². The first kappa shape index (κ1) is 16.4. The maximum atomic E-state index is 13.2. The number of benzene rings is 1. The highest BCUT2D eigenvalue weighted by molar-refractivity contribution is 6.30. The molecule has 1 saturated heterocycles. The topological polar surface area (TPSA) is 42.4 Å². The lowest BCUT2D eigenvalue weighted by molar-refractivity contribution is -0.140. The summed E-state index contributed by atoms with van der Waals surface area (Å²) in [4.78, 5) is 19.4. The van der Waals surface area contributed by atoms with Gasteiger partial charge in [-0.3, -0.25) is 9.78 Å². The molecular formula is C20H21ClN2O2. The Balaban J connectivity index is 1.57. The lowest BCUT2D eigenvalue weighted by Crippen LogP contribution is -2.43. The number of amides is 1. The Labute approximate surface area is 152 Å². The molecule has 0 spiro atoms. The molecule has 1 aromatic heterocycles. The van der Waals surface area contributed by atoms with E-state index in [0.29, 0.717) is 11.4 Å². The highest BCUT2D eigenvalue weighted by Crippen LogP contribution is 2.35. The van der Waals surface area contributed by atoms with Crippen LogP contribution in [-0.4, -0.2) is 28.4 Å². The zero-order valence-corrected chi connectivity index (χ0v) is 14.8. The minimum absolute atomic E-state index is 0.0797. The van der Waals surface area contributed by atoms with E-state index in [1.807, 2.05) is 29.2 Å². The molecule has 0 N–H and O–H groups in total. The van der Waals surface area contributed by atoms with Crippen molar-refractivity contribution in [3.05, 3.63) is 58.9 Å². The monoisotopic (exact) mass is 356 g/mol. The molecule has 2 aromatic rings. The van der Waals surface area contributed by atoms with E-state index in [4.69, 9.17) is 16.3 Å². The second kappa shape index (κ2) is 7.04. The molecule has 25 heavy (non-hydrogen) atoms. The van der Waals surface area contributed by atoms with Crippen LogP contribution in [0.5, 0.6) is 5.75 Å². The van der Waals surface area contributed by atoms with Gasteiger partial charge in [-0.1, -0.05) is 24.4 Å². The second-order valence-electron chi connectivity index (χ2n) is 6.74. The van der Waals surface area contributed by atoms with E-state index in [1.165, 1.54) is 0 Å². The third-order valence-corrected chi connectivity index (χ3v) is 5.33. The van der Waals surface area contributed by atoms with Gasteiger partial charge >= 0.3 is 0 Å².